The van der Waals surface area contributed by atoms with Gasteiger partial charge in [0, 0.05) is 11.6 Å². The summed E-state index contributed by atoms with van der Waals surface area (Å²) in [5, 5.41) is 12.4. The Hall–Kier alpha value is -1.40. The van der Waals surface area contributed by atoms with Crippen LogP contribution in [0.5, 0.6) is 0 Å². The molecule has 0 unspecified atom stereocenters. The summed E-state index contributed by atoms with van der Waals surface area (Å²) >= 11 is 0. The number of hydrogen-bond acceptors (Lipinski definition) is 6. The summed E-state index contributed by atoms with van der Waals surface area (Å²) in [4.78, 5) is 8.12. The van der Waals surface area contributed by atoms with Crippen molar-refractivity contribution < 1.29 is 5.11 Å². The zero-order valence-corrected chi connectivity index (χ0v) is 8.57. The van der Waals surface area contributed by atoms with Crippen LogP contribution in [0.25, 0.3) is 0 Å². The first kappa shape index (κ1) is 10.1. The lowest BCUT2D eigenvalue weighted by Gasteiger charge is -2.32. The van der Waals surface area contributed by atoms with E-state index < -0.39 is 0 Å². The molecule has 6 nitrogen and oxygen atoms in total. The molecule has 0 radical (unpaired) electrons. The molecule has 2 rings (SSSR count). The quantitative estimate of drug-likeness (QED) is 0.413. The number of nitrogens with zero attached hydrogens (tertiary/aromatic N) is 2. The van der Waals surface area contributed by atoms with Crippen molar-refractivity contribution in [3.05, 3.63) is 11.9 Å². The average Bonchev–Trinajstić information content (AvgIpc) is 2.18. The highest BCUT2D eigenvalue weighted by molar-refractivity contribution is 5.56. The molecule has 0 aromatic carbocycles. The van der Waals surface area contributed by atoms with E-state index >= 15 is 0 Å². The standard InChI is InChI=1S/C9H15N5O/c1-5-8(11-4-12-9(5)14-10)13-6-2-7(15)3-6/h4,6-7,15H,2-3,10H2,1H3,(H2,11,12,13,14). The Bertz CT molecular complexity index is 350. The van der Waals surface area contributed by atoms with Gasteiger partial charge < -0.3 is 15.8 Å². The predicted octanol–water partition coefficient (Wildman–Crippen LogP) is 0.00582. The van der Waals surface area contributed by atoms with Gasteiger partial charge in [0.15, 0.2) is 0 Å². The van der Waals surface area contributed by atoms with Gasteiger partial charge in [-0.3, -0.25) is 0 Å². The van der Waals surface area contributed by atoms with Crippen LogP contribution in [0.2, 0.25) is 0 Å². The molecule has 1 saturated carbocycles. The number of aromatic nitrogens is 2. The Morgan fingerprint density at radius 3 is 2.67 bits per heavy atom. The monoisotopic (exact) mass is 209 g/mol. The first-order chi connectivity index (χ1) is 7.20. The molecule has 1 aromatic rings. The number of hydrogen-bond donors (Lipinski definition) is 4. The third-order valence-corrected chi connectivity index (χ3v) is 2.67. The molecule has 6 heteroatoms. The van der Waals surface area contributed by atoms with E-state index in [0.29, 0.717) is 11.9 Å². The van der Waals surface area contributed by atoms with Crippen LogP contribution in [0.15, 0.2) is 6.33 Å². The fourth-order valence-electron chi connectivity index (χ4n) is 1.64. The molecule has 0 spiro atoms. The largest absolute Gasteiger partial charge is 0.393 e. The lowest BCUT2D eigenvalue weighted by Crippen LogP contribution is -2.39. The van der Waals surface area contributed by atoms with Gasteiger partial charge in [0.05, 0.1) is 6.10 Å². The van der Waals surface area contributed by atoms with Crippen molar-refractivity contribution in [3.63, 3.8) is 0 Å². The van der Waals surface area contributed by atoms with Crippen molar-refractivity contribution in [1.29, 1.82) is 0 Å². The van der Waals surface area contributed by atoms with Crippen molar-refractivity contribution >= 4 is 11.6 Å². The number of rotatable bonds is 3. The third kappa shape index (κ3) is 2.00. The average molecular weight is 209 g/mol. The second kappa shape index (κ2) is 4.00. The van der Waals surface area contributed by atoms with Gasteiger partial charge >= 0.3 is 0 Å². The van der Waals surface area contributed by atoms with Gasteiger partial charge in [0.2, 0.25) is 0 Å². The fraction of sp³-hybridized carbons (Fsp3) is 0.556. The van der Waals surface area contributed by atoms with Gasteiger partial charge in [-0.2, -0.15) is 0 Å². The molecule has 15 heavy (non-hydrogen) atoms. The fourth-order valence-corrected chi connectivity index (χ4v) is 1.64. The highest BCUT2D eigenvalue weighted by Crippen LogP contribution is 2.25. The number of hydrazine groups is 1. The van der Waals surface area contributed by atoms with Crippen molar-refractivity contribution in [2.45, 2.75) is 31.9 Å². The molecule has 0 bridgehead atoms. The molecule has 0 aliphatic heterocycles. The normalized spacial score (nSPS) is 24.5. The van der Waals surface area contributed by atoms with Gasteiger partial charge in [-0.15, -0.1) is 0 Å². The van der Waals surface area contributed by atoms with Crippen molar-refractivity contribution in [1.82, 2.24) is 9.97 Å². The molecule has 1 fully saturated rings. The topological polar surface area (TPSA) is 96.1 Å². The Morgan fingerprint density at radius 1 is 1.40 bits per heavy atom. The van der Waals surface area contributed by atoms with Crippen LogP contribution in [0, 0.1) is 6.92 Å². The molecule has 82 valence electrons. The molecule has 0 amide bonds. The maximum Gasteiger partial charge on any atom is 0.148 e. The van der Waals surface area contributed by atoms with Crippen LogP contribution in [0.3, 0.4) is 0 Å². The van der Waals surface area contributed by atoms with E-state index in [0.717, 1.165) is 24.2 Å². The molecule has 5 N–H and O–H groups in total. The first-order valence-corrected chi connectivity index (χ1v) is 4.93. The number of aliphatic hydroxyl groups excluding tert-OH is 1. The maximum atomic E-state index is 9.16. The van der Waals surface area contributed by atoms with Gasteiger partial charge in [0.25, 0.3) is 0 Å². The summed E-state index contributed by atoms with van der Waals surface area (Å²) in [7, 11) is 0. The number of aliphatic hydroxyl groups is 1. The number of nitrogen functional groups attached to an aromatic ring is 1. The lowest BCUT2D eigenvalue weighted by molar-refractivity contribution is 0.0835. The zero-order chi connectivity index (χ0) is 10.8. The summed E-state index contributed by atoms with van der Waals surface area (Å²) in [5.74, 6) is 6.70. The van der Waals surface area contributed by atoms with Crippen LogP contribution >= 0.6 is 0 Å². The summed E-state index contributed by atoms with van der Waals surface area (Å²) in [5.41, 5.74) is 3.40. The van der Waals surface area contributed by atoms with Gasteiger partial charge in [-0.25, -0.2) is 15.8 Å². The highest BCUT2D eigenvalue weighted by Gasteiger charge is 2.27. The molecule has 1 aromatic heterocycles. The Labute approximate surface area is 87.9 Å². The van der Waals surface area contributed by atoms with Crippen LogP contribution < -0.4 is 16.6 Å². The SMILES string of the molecule is Cc1c(NN)ncnc1NC1CC(O)C1. The summed E-state index contributed by atoms with van der Waals surface area (Å²) in [6, 6.07) is 0.305. The van der Waals surface area contributed by atoms with Crippen molar-refractivity contribution in [3.8, 4) is 0 Å². The molecule has 0 atom stereocenters. The Morgan fingerprint density at radius 2 is 2.07 bits per heavy atom. The first-order valence-electron chi connectivity index (χ1n) is 4.93. The molecule has 1 aliphatic rings. The van der Waals surface area contributed by atoms with Crippen molar-refractivity contribution in [2.75, 3.05) is 10.7 Å². The molecular weight excluding hydrogens is 194 g/mol. The van der Waals surface area contributed by atoms with E-state index in [1.54, 1.807) is 0 Å². The summed E-state index contributed by atoms with van der Waals surface area (Å²) in [6.07, 6.45) is 2.83. The van der Waals surface area contributed by atoms with Crippen LogP contribution in [-0.2, 0) is 0 Å². The smallest absolute Gasteiger partial charge is 0.148 e. The van der Waals surface area contributed by atoms with E-state index in [9.17, 15) is 0 Å². The minimum absolute atomic E-state index is 0.170. The minimum atomic E-state index is -0.170. The van der Waals surface area contributed by atoms with E-state index in [1.165, 1.54) is 6.33 Å². The molecule has 1 aliphatic carbocycles. The van der Waals surface area contributed by atoms with Crippen LogP contribution in [-0.4, -0.2) is 27.2 Å². The maximum absolute atomic E-state index is 9.16. The van der Waals surface area contributed by atoms with Crippen LogP contribution in [0.1, 0.15) is 18.4 Å². The Kier molecular flexibility index (Phi) is 2.70. The second-order valence-corrected chi connectivity index (χ2v) is 3.81. The highest BCUT2D eigenvalue weighted by atomic mass is 16.3. The third-order valence-electron chi connectivity index (χ3n) is 2.67. The second-order valence-electron chi connectivity index (χ2n) is 3.81. The summed E-state index contributed by atoms with van der Waals surface area (Å²) < 4.78 is 0. The van der Waals surface area contributed by atoms with Gasteiger partial charge in [-0.1, -0.05) is 0 Å². The summed E-state index contributed by atoms with van der Waals surface area (Å²) in [6.45, 7) is 1.90. The number of anilines is 2. The molecule has 0 saturated heterocycles. The van der Waals surface area contributed by atoms with E-state index in [2.05, 4.69) is 20.7 Å². The van der Waals surface area contributed by atoms with Gasteiger partial charge in [-0.05, 0) is 19.8 Å². The predicted molar refractivity (Wildman–Crippen MR) is 57.2 cm³/mol. The van der Waals surface area contributed by atoms with Gasteiger partial charge in [0.1, 0.15) is 18.0 Å². The number of nitrogens with one attached hydrogen (secondary N) is 2. The minimum Gasteiger partial charge on any atom is -0.393 e. The molecule has 1 heterocycles. The van der Waals surface area contributed by atoms with E-state index in [4.69, 9.17) is 10.9 Å². The lowest BCUT2D eigenvalue weighted by atomic mass is 9.89. The zero-order valence-electron chi connectivity index (χ0n) is 8.57. The van der Waals surface area contributed by atoms with Crippen LogP contribution in [0.4, 0.5) is 11.6 Å². The Balaban J connectivity index is 2.07. The number of nitrogens with two attached hydrogens (primary N) is 1. The van der Waals surface area contributed by atoms with E-state index in [-0.39, 0.29) is 6.10 Å². The van der Waals surface area contributed by atoms with Crippen molar-refractivity contribution in [2.24, 2.45) is 5.84 Å². The molecular formula is C9H15N5O. The van der Waals surface area contributed by atoms with E-state index in [1.807, 2.05) is 6.92 Å².